The summed E-state index contributed by atoms with van der Waals surface area (Å²) in [4.78, 5) is 14.3. The highest BCUT2D eigenvalue weighted by molar-refractivity contribution is 5.73. The van der Waals surface area contributed by atoms with Crippen LogP contribution >= 0.6 is 0 Å². The Morgan fingerprint density at radius 2 is 1.91 bits per heavy atom. The topological polar surface area (TPSA) is 41.5 Å². The molecule has 32 heavy (non-hydrogen) atoms. The van der Waals surface area contributed by atoms with Gasteiger partial charge in [0.05, 0.1) is 24.1 Å². The molecule has 1 atom stereocenters. The molecule has 6 heteroatoms. The van der Waals surface area contributed by atoms with Crippen LogP contribution in [-0.4, -0.2) is 46.3 Å². The minimum absolute atomic E-state index is 0.0887. The van der Waals surface area contributed by atoms with Crippen LogP contribution in [0.1, 0.15) is 32.3 Å². The van der Waals surface area contributed by atoms with Gasteiger partial charge in [-0.2, -0.15) is 0 Å². The van der Waals surface area contributed by atoms with Crippen LogP contribution in [-0.2, 0) is 10.2 Å². The molecule has 2 fully saturated rings. The first-order valence-electron chi connectivity index (χ1n) is 11.2. The Kier molecular flexibility index (Phi) is 4.39. The number of benzene rings is 2. The average molecular weight is 430 g/mol. The van der Waals surface area contributed by atoms with Gasteiger partial charge in [-0.25, -0.2) is 14.4 Å². The summed E-state index contributed by atoms with van der Waals surface area (Å²) in [5.41, 5.74) is 3.56. The molecule has 3 heterocycles. The van der Waals surface area contributed by atoms with Gasteiger partial charge in [0.2, 0.25) is 5.95 Å². The number of halogens is 1. The van der Waals surface area contributed by atoms with Crippen LogP contribution in [0.4, 0.5) is 16.0 Å². The van der Waals surface area contributed by atoms with E-state index in [0.29, 0.717) is 23.7 Å². The van der Waals surface area contributed by atoms with Crippen LogP contribution in [0.5, 0.6) is 0 Å². The molecule has 163 valence electrons. The molecule has 1 saturated carbocycles. The summed E-state index contributed by atoms with van der Waals surface area (Å²) < 4.78 is 20.3. The number of ether oxygens (including phenoxy) is 1. The van der Waals surface area contributed by atoms with Crippen molar-refractivity contribution in [2.45, 2.75) is 43.9 Å². The first-order chi connectivity index (χ1) is 15.5. The summed E-state index contributed by atoms with van der Waals surface area (Å²) in [7, 11) is 0. The van der Waals surface area contributed by atoms with Gasteiger partial charge < -0.3 is 4.74 Å². The zero-order chi connectivity index (χ0) is 21.9. The van der Waals surface area contributed by atoms with Gasteiger partial charge in [0.25, 0.3) is 0 Å². The molecule has 1 aliphatic carbocycles. The van der Waals surface area contributed by atoms with Crippen molar-refractivity contribution in [3.05, 3.63) is 72.3 Å². The van der Waals surface area contributed by atoms with Crippen LogP contribution in [0.3, 0.4) is 0 Å². The van der Waals surface area contributed by atoms with E-state index in [1.54, 1.807) is 24.5 Å². The smallest absolute Gasteiger partial charge is 0.231 e. The first kappa shape index (κ1) is 19.8. The Labute approximate surface area is 187 Å². The molecule has 2 aromatic carbocycles. The molecule has 1 radical (unpaired) electrons. The number of fused-ring (bicyclic) bond motifs is 2. The van der Waals surface area contributed by atoms with Gasteiger partial charge in [-0.1, -0.05) is 30.3 Å². The second-order valence-electron chi connectivity index (χ2n) is 9.67. The summed E-state index contributed by atoms with van der Waals surface area (Å²) in [6, 6.07) is 16.2. The van der Waals surface area contributed by atoms with Crippen molar-refractivity contribution >= 4 is 11.6 Å². The van der Waals surface area contributed by atoms with Crippen molar-refractivity contribution in [2.75, 3.05) is 24.6 Å². The van der Waals surface area contributed by atoms with Gasteiger partial charge >= 0.3 is 0 Å². The number of morpholine rings is 1. The normalized spacial score (nSPS) is 23.3. The summed E-state index contributed by atoms with van der Waals surface area (Å²) >= 11 is 0. The number of hydrogen-bond acceptors (Lipinski definition) is 5. The molecule has 3 aromatic rings. The molecule has 6 rings (SSSR count). The van der Waals surface area contributed by atoms with Crippen LogP contribution in [0.15, 0.2) is 54.9 Å². The van der Waals surface area contributed by atoms with E-state index in [1.807, 2.05) is 12.1 Å². The number of anilines is 2. The average Bonchev–Trinajstić information content (AvgIpc) is 3.52. The lowest BCUT2D eigenvalue weighted by Crippen LogP contribution is -2.58. The Morgan fingerprint density at radius 1 is 1.12 bits per heavy atom. The lowest BCUT2D eigenvalue weighted by molar-refractivity contribution is -0.0991. The highest BCUT2D eigenvalue weighted by Crippen LogP contribution is 2.62. The molecule has 3 aliphatic rings. The quantitative estimate of drug-likeness (QED) is 0.604. The van der Waals surface area contributed by atoms with Crippen molar-refractivity contribution in [1.29, 1.82) is 0 Å². The Hall–Kier alpha value is -2.83. The summed E-state index contributed by atoms with van der Waals surface area (Å²) in [5, 5.41) is 0. The Balaban J connectivity index is 1.42. The molecule has 2 aliphatic heterocycles. The summed E-state index contributed by atoms with van der Waals surface area (Å²) in [6.07, 6.45) is 5.89. The van der Waals surface area contributed by atoms with E-state index in [0.717, 1.165) is 31.6 Å². The molecule has 5 nitrogen and oxygen atoms in total. The molecule has 1 aromatic heterocycles. The fraction of sp³-hybridized carbons (Fsp3) is 0.385. The molecule has 1 saturated heterocycles. The predicted molar refractivity (Wildman–Crippen MR) is 121 cm³/mol. The second-order valence-corrected chi connectivity index (χ2v) is 9.67. The van der Waals surface area contributed by atoms with Gasteiger partial charge in [-0.05, 0) is 50.5 Å². The van der Waals surface area contributed by atoms with Gasteiger partial charge in [0.15, 0.2) is 0 Å². The third-order valence-corrected chi connectivity index (χ3v) is 7.01. The van der Waals surface area contributed by atoms with E-state index < -0.39 is 0 Å². The van der Waals surface area contributed by atoms with E-state index in [1.165, 1.54) is 11.6 Å². The molecule has 0 bridgehead atoms. The van der Waals surface area contributed by atoms with Crippen molar-refractivity contribution < 1.29 is 9.13 Å². The van der Waals surface area contributed by atoms with Gasteiger partial charge in [-0.15, -0.1) is 0 Å². The Bertz CT molecular complexity index is 1160. The summed E-state index contributed by atoms with van der Waals surface area (Å²) in [6.45, 7) is 6.73. The van der Waals surface area contributed by atoms with Gasteiger partial charge in [0.1, 0.15) is 5.82 Å². The molecule has 1 spiro atoms. The fourth-order valence-corrected chi connectivity index (χ4v) is 5.49. The Morgan fingerprint density at radius 3 is 2.62 bits per heavy atom. The van der Waals surface area contributed by atoms with Gasteiger partial charge in [0, 0.05) is 42.0 Å². The number of aromatic nitrogens is 2. The predicted octanol–water partition coefficient (Wildman–Crippen LogP) is 4.70. The number of rotatable bonds is 3. The second kappa shape index (κ2) is 7.09. The molecule has 1 unspecified atom stereocenters. The maximum Gasteiger partial charge on any atom is 0.231 e. The van der Waals surface area contributed by atoms with Crippen molar-refractivity contribution in [3.8, 4) is 11.1 Å². The third kappa shape index (κ3) is 3.05. The number of hydrogen-bond donors (Lipinski definition) is 0. The monoisotopic (exact) mass is 429 g/mol. The highest BCUT2D eigenvalue weighted by Gasteiger charge is 2.62. The van der Waals surface area contributed by atoms with E-state index >= 15 is 0 Å². The van der Waals surface area contributed by atoms with Gasteiger partial charge in [-0.3, -0.25) is 9.80 Å². The lowest BCUT2D eigenvalue weighted by atomic mass is 9.93. The minimum atomic E-state index is -0.268. The maximum absolute atomic E-state index is 14.3. The van der Waals surface area contributed by atoms with Crippen molar-refractivity contribution in [2.24, 2.45) is 0 Å². The number of nitrogens with zero attached hydrogens (tertiary/aromatic N) is 4. The molecule has 0 N–H and O–H groups in total. The SMILES string of the molecule is CC1(C)CN(C2N(c3ncc(-c4ccccc4F)cn3)c3c[c]ccc3C23CC3)CCO1. The van der Waals surface area contributed by atoms with E-state index in [9.17, 15) is 4.39 Å². The van der Waals surface area contributed by atoms with Crippen LogP contribution in [0.25, 0.3) is 11.1 Å². The van der Waals surface area contributed by atoms with Crippen molar-refractivity contribution in [1.82, 2.24) is 14.9 Å². The van der Waals surface area contributed by atoms with Crippen LogP contribution in [0.2, 0.25) is 0 Å². The van der Waals surface area contributed by atoms with E-state index in [2.05, 4.69) is 41.8 Å². The van der Waals surface area contributed by atoms with Crippen LogP contribution < -0.4 is 4.90 Å². The zero-order valence-corrected chi connectivity index (χ0v) is 18.4. The summed E-state index contributed by atoms with van der Waals surface area (Å²) in [5.74, 6) is 0.374. The van der Waals surface area contributed by atoms with E-state index in [4.69, 9.17) is 14.7 Å². The highest BCUT2D eigenvalue weighted by atomic mass is 19.1. The molecular weight excluding hydrogens is 403 g/mol. The maximum atomic E-state index is 14.3. The lowest BCUT2D eigenvalue weighted by Gasteiger charge is -2.45. The van der Waals surface area contributed by atoms with E-state index in [-0.39, 0.29) is 23.0 Å². The molecule has 0 amide bonds. The van der Waals surface area contributed by atoms with Crippen molar-refractivity contribution in [3.63, 3.8) is 0 Å². The minimum Gasteiger partial charge on any atom is -0.373 e. The fourth-order valence-electron chi connectivity index (χ4n) is 5.49. The van der Waals surface area contributed by atoms with Crippen LogP contribution in [0, 0.1) is 11.9 Å². The first-order valence-corrected chi connectivity index (χ1v) is 11.2. The zero-order valence-electron chi connectivity index (χ0n) is 18.4. The largest absolute Gasteiger partial charge is 0.373 e. The third-order valence-electron chi connectivity index (χ3n) is 7.01. The standard InChI is InChI=1S/C26H26FN4O/c1-25(2)17-30(13-14-32-25)23-26(11-12-26)20-8-4-6-10-22(20)31(23)24-28-15-18(16-29-24)19-7-3-5-9-21(19)27/h3-5,7-10,15-16,23H,11-14,17H2,1-2H3. The molecular formula is C26H26FN4O.